The van der Waals surface area contributed by atoms with Crippen molar-refractivity contribution >= 4 is 11.0 Å². The number of hydrogen-bond donors (Lipinski definition) is 1. The number of methoxy groups -OCH3 is 1. The SMILES string of the molecule is COc1c(-c2c(C)noc2C)cc2[nH]c(C)nc2c1-c1c(C)noc1C. The van der Waals surface area contributed by atoms with Gasteiger partial charge in [-0.25, -0.2) is 4.98 Å². The third-order valence-corrected chi connectivity index (χ3v) is 4.64. The van der Waals surface area contributed by atoms with E-state index in [4.69, 9.17) is 13.8 Å². The average molecular weight is 352 g/mol. The van der Waals surface area contributed by atoms with Crippen LogP contribution >= 0.6 is 0 Å². The lowest BCUT2D eigenvalue weighted by Crippen LogP contribution is -1.96. The van der Waals surface area contributed by atoms with Crippen LogP contribution in [0.4, 0.5) is 0 Å². The zero-order chi connectivity index (χ0) is 18.6. The second kappa shape index (κ2) is 5.72. The number of nitrogens with one attached hydrogen (secondary N) is 1. The fourth-order valence-electron chi connectivity index (χ4n) is 3.59. The predicted molar refractivity (Wildman–Crippen MR) is 97.3 cm³/mol. The fourth-order valence-corrected chi connectivity index (χ4v) is 3.59. The summed E-state index contributed by atoms with van der Waals surface area (Å²) in [4.78, 5) is 8.01. The van der Waals surface area contributed by atoms with E-state index in [1.54, 1.807) is 7.11 Å². The molecule has 0 atom stereocenters. The summed E-state index contributed by atoms with van der Waals surface area (Å²) in [6.07, 6.45) is 0. The Bertz CT molecular complexity index is 1090. The zero-order valence-corrected chi connectivity index (χ0v) is 15.6. The Morgan fingerprint density at radius 3 is 2.04 bits per heavy atom. The Balaban J connectivity index is 2.19. The van der Waals surface area contributed by atoms with Gasteiger partial charge in [0.05, 0.1) is 40.7 Å². The van der Waals surface area contributed by atoms with Crippen LogP contribution in [0.1, 0.15) is 28.7 Å². The summed E-state index contributed by atoms with van der Waals surface area (Å²) in [6, 6.07) is 2.03. The molecule has 0 saturated carbocycles. The number of ether oxygens (including phenoxy) is 1. The van der Waals surface area contributed by atoms with Gasteiger partial charge < -0.3 is 18.8 Å². The molecule has 0 bridgehead atoms. The Kier molecular flexibility index (Phi) is 3.61. The lowest BCUT2D eigenvalue weighted by Gasteiger charge is -2.14. The van der Waals surface area contributed by atoms with Gasteiger partial charge in [-0.2, -0.15) is 0 Å². The Morgan fingerprint density at radius 2 is 1.50 bits per heavy atom. The number of aromatic amines is 1. The first-order valence-electron chi connectivity index (χ1n) is 8.36. The van der Waals surface area contributed by atoms with Crippen LogP contribution in [0.3, 0.4) is 0 Å². The third kappa shape index (κ3) is 2.23. The summed E-state index contributed by atoms with van der Waals surface area (Å²) < 4.78 is 16.7. The molecule has 3 heterocycles. The maximum Gasteiger partial charge on any atom is 0.141 e. The highest BCUT2D eigenvalue weighted by Crippen LogP contribution is 2.46. The van der Waals surface area contributed by atoms with Gasteiger partial charge in [0.2, 0.25) is 0 Å². The van der Waals surface area contributed by atoms with Gasteiger partial charge in [0, 0.05) is 5.56 Å². The minimum Gasteiger partial charge on any atom is -0.495 e. The molecule has 0 amide bonds. The van der Waals surface area contributed by atoms with E-state index >= 15 is 0 Å². The first kappa shape index (κ1) is 16.4. The van der Waals surface area contributed by atoms with E-state index in [2.05, 4.69) is 20.3 Å². The van der Waals surface area contributed by atoms with E-state index in [-0.39, 0.29) is 0 Å². The quantitative estimate of drug-likeness (QED) is 0.587. The van der Waals surface area contributed by atoms with Crippen LogP contribution in [0.2, 0.25) is 0 Å². The number of benzene rings is 1. The van der Waals surface area contributed by atoms with Crippen molar-refractivity contribution in [2.75, 3.05) is 7.11 Å². The molecule has 0 fully saturated rings. The van der Waals surface area contributed by atoms with Crippen molar-refractivity contribution in [1.29, 1.82) is 0 Å². The van der Waals surface area contributed by atoms with E-state index in [0.717, 1.165) is 62.0 Å². The molecule has 0 spiro atoms. The lowest BCUT2D eigenvalue weighted by atomic mass is 9.94. The lowest BCUT2D eigenvalue weighted by molar-refractivity contribution is 0.393. The van der Waals surface area contributed by atoms with Gasteiger partial charge in [0.15, 0.2) is 0 Å². The minimum atomic E-state index is 0.702. The summed E-state index contributed by atoms with van der Waals surface area (Å²) in [7, 11) is 1.66. The van der Waals surface area contributed by atoms with E-state index in [1.807, 2.05) is 40.7 Å². The van der Waals surface area contributed by atoms with Crippen molar-refractivity contribution in [1.82, 2.24) is 20.3 Å². The molecule has 1 aromatic carbocycles. The normalized spacial score (nSPS) is 11.5. The summed E-state index contributed by atoms with van der Waals surface area (Å²) in [5, 5.41) is 8.20. The van der Waals surface area contributed by atoms with Crippen LogP contribution < -0.4 is 4.74 Å². The smallest absolute Gasteiger partial charge is 0.141 e. The molecule has 4 rings (SSSR count). The first-order chi connectivity index (χ1) is 12.4. The number of imidazole rings is 1. The van der Waals surface area contributed by atoms with Crippen molar-refractivity contribution in [2.24, 2.45) is 0 Å². The van der Waals surface area contributed by atoms with Gasteiger partial charge in [-0.15, -0.1) is 0 Å². The highest BCUT2D eigenvalue weighted by molar-refractivity contribution is 6.02. The second-order valence-electron chi connectivity index (χ2n) is 6.45. The summed E-state index contributed by atoms with van der Waals surface area (Å²) >= 11 is 0. The maximum atomic E-state index is 5.87. The summed E-state index contributed by atoms with van der Waals surface area (Å²) in [5.74, 6) is 2.98. The monoisotopic (exact) mass is 352 g/mol. The average Bonchev–Trinajstić information content (AvgIpc) is 3.23. The van der Waals surface area contributed by atoms with Gasteiger partial charge in [0.1, 0.15) is 28.6 Å². The Morgan fingerprint density at radius 1 is 0.885 bits per heavy atom. The summed E-state index contributed by atoms with van der Waals surface area (Å²) in [5.41, 5.74) is 6.91. The highest BCUT2D eigenvalue weighted by Gasteiger charge is 2.26. The third-order valence-electron chi connectivity index (χ3n) is 4.64. The molecule has 3 aromatic heterocycles. The molecule has 134 valence electrons. The number of hydrogen-bond acceptors (Lipinski definition) is 6. The molecule has 0 unspecified atom stereocenters. The molecule has 1 N–H and O–H groups in total. The van der Waals surface area contributed by atoms with E-state index in [1.165, 1.54) is 0 Å². The molecule has 26 heavy (non-hydrogen) atoms. The minimum absolute atomic E-state index is 0.702. The molecule has 0 radical (unpaired) electrons. The number of rotatable bonds is 3. The van der Waals surface area contributed by atoms with E-state index < -0.39 is 0 Å². The van der Waals surface area contributed by atoms with Crippen molar-refractivity contribution < 1.29 is 13.8 Å². The van der Waals surface area contributed by atoms with Gasteiger partial charge in [0.25, 0.3) is 0 Å². The van der Waals surface area contributed by atoms with Crippen LogP contribution in [0.15, 0.2) is 15.1 Å². The largest absolute Gasteiger partial charge is 0.495 e. The van der Waals surface area contributed by atoms with Gasteiger partial charge >= 0.3 is 0 Å². The molecule has 0 aliphatic carbocycles. The van der Waals surface area contributed by atoms with Crippen LogP contribution in [-0.2, 0) is 0 Å². The van der Waals surface area contributed by atoms with Gasteiger partial charge in [-0.3, -0.25) is 0 Å². The first-order valence-corrected chi connectivity index (χ1v) is 8.36. The fraction of sp³-hybridized carbons (Fsp3) is 0.316. The highest BCUT2D eigenvalue weighted by atomic mass is 16.5. The Hall–Kier alpha value is -3.09. The second-order valence-corrected chi connectivity index (χ2v) is 6.45. The number of fused-ring (bicyclic) bond motifs is 1. The maximum absolute atomic E-state index is 5.87. The Labute approximate surface area is 150 Å². The molecule has 0 aliphatic heterocycles. The predicted octanol–water partition coefficient (Wildman–Crippen LogP) is 4.42. The number of aromatic nitrogens is 4. The van der Waals surface area contributed by atoms with Gasteiger partial charge in [-0.05, 0) is 40.7 Å². The van der Waals surface area contributed by atoms with Crippen molar-refractivity contribution in [3.63, 3.8) is 0 Å². The molecule has 4 aromatic rings. The van der Waals surface area contributed by atoms with Crippen LogP contribution in [0.5, 0.6) is 5.75 Å². The van der Waals surface area contributed by atoms with Gasteiger partial charge in [-0.1, -0.05) is 10.3 Å². The molecular formula is C19H20N4O3. The summed E-state index contributed by atoms with van der Waals surface area (Å²) in [6.45, 7) is 9.55. The van der Waals surface area contributed by atoms with Crippen molar-refractivity contribution in [3.05, 3.63) is 34.8 Å². The molecule has 0 saturated heterocycles. The zero-order valence-electron chi connectivity index (χ0n) is 15.6. The number of H-pyrrole nitrogens is 1. The van der Waals surface area contributed by atoms with Crippen molar-refractivity contribution in [2.45, 2.75) is 34.6 Å². The standard InChI is InChI=1S/C19H20N4O3/c1-8-15(10(3)25-22-8)13-7-14-18(21-12(5)20-14)17(19(13)24-6)16-9(2)23-26-11(16)4/h7H,1-6H3,(H,20,21). The van der Waals surface area contributed by atoms with Crippen LogP contribution in [-0.4, -0.2) is 27.4 Å². The van der Waals surface area contributed by atoms with Crippen LogP contribution in [0, 0.1) is 34.6 Å². The van der Waals surface area contributed by atoms with Crippen LogP contribution in [0.25, 0.3) is 33.3 Å². The van der Waals surface area contributed by atoms with E-state index in [0.29, 0.717) is 5.75 Å². The number of nitrogens with zero attached hydrogens (tertiary/aromatic N) is 3. The number of aryl methyl sites for hydroxylation is 5. The molecular weight excluding hydrogens is 332 g/mol. The van der Waals surface area contributed by atoms with E-state index in [9.17, 15) is 0 Å². The molecule has 0 aliphatic rings. The molecule has 7 heteroatoms. The van der Waals surface area contributed by atoms with Crippen molar-refractivity contribution in [3.8, 4) is 28.0 Å². The topological polar surface area (TPSA) is 90.0 Å². The molecule has 7 nitrogen and oxygen atoms in total.